The third kappa shape index (κ3) is 5.70. The fraction of sp³-hybridized carbons (Fsp3) is 0.882. The molecule has 1 amide bonds. The molecule has 30 heavy (non-hydrogen) atoms. The summed E-state index contributed by atoms with van der Waals surface area (Å²) in [4.78, 5) is 22.9. The normalized spacial score (nSPS) is 42.0. The van der Waals surface area contributed by atoms with Gasteiger partial charge in [0.25, 0.3) is 0 Å². The minimum absolute atomic E-state index is 0.0243. The number of aliphatic hydroxyl groups is 7. The number of ketones is 1. The second kappa shape index (κ2) is 10.9. The third-order valence-corrected chi connectivity index (χ3v) is 5.01. The van der Waals surface area contributed by atoms with E-state index in [4.69, 9.17) is 14.2 Å². The predicted octanol–water partition coefficient (Wildman–Crippen LogP) is -4.90. The van der Waals surface area contributed by atoms with Crippen molar-refractivity contribution in [1.82, 2.24) is 5.32 Å². The summed E-state index contributed by atoms with van der Waals surface area (Å²) >= 11 is 0. The van der Waals surface area contributed by atoms with Crippen LogP contribution in [-0.2, 0) is 23.8 Å². The van der Waals surface area contributed by atoms with Gasteiger partial charge >= 0.3 is 0 Å². The molecule has 13 heteroatoms. The molecule has 2 rings (SSSR count). The van der Waals surface area contributed by atoms with Gasteiger partial charge in [-0.25, -0.2) is 0 Å². The van der Waals surface area contributed by atoms with Crippen LogP contribution in [0.3, 0.4) is 0 Å². The zero-order valence-electron chi connectivity index (χ0n) is 16.3. The molecule has 0 aromatic carbocycles. The molecule has 0 bridgehead atoms. The highest BCUT2D eigenvalue weighted by molar-refractivity contribution is 5.83. The SMILES string of the molecule is CC(=O)CCC(=O)N[C@@H]1OC(CO)[C@@H](O[C@@H]2OC(CO)[C@H](O)C(O)[C@@H]2O)[C@H](O)C1O. The molecule has 2 fully saturated rings. The second-order valence-corrected chi connectivity index (χ2v) is 7.33. The smallest absolute Gasteiger partial charge is 0.222 e. The zero-order valence-corrected chi connectivity index (χ0v) is 16.3. The second-order valence-electron chi connectivity index (χ2n) is 7.33. The van der Waals surface area contributed by atoms with Crippen LogP contribution in [0.15, 0.2) is 0 Å². The van der Waals surface area contributed by atoms with Gasteiger partial charge in [-0.2, -0.15) is 0 Å². The van der Waals surface area contributed by atoms with E-state index in [1.54, 1.807) is 0 Å². The Bertz CT molecular complexity index is 587. The van der Waals surface area contributed by atoms with Gasteiger partial charge in [-0.1, -0.05) is 0 Å². The van der Waals surface area contributed by atoms with Gasteiger partial charge < -0.3 is 60.1 Å². The maximum atomic E-state index is 11.9. The van der Waals surface area contributed by atoms with Gasteiger partial charge in [0.1, 0.15) is 54.6 Å². The standard InChI is InChI=1S/C17H29NO12/c1-6(21)2-3-9(22)18-16-13(26)12(25)15(8(5-20)28-16)30-17-14(27)11(24)10(23)7(4-19)29-17/h7-8,10-17,19-20,23-27H,2-5H2,1H3,(H,18,22)/t7?,8?,10-,11?,12+,13?,14-,15+,16+,17-/m0/s1. The molecule has 13 nitrogen and oxygen atoms in total. The summed E-state index contributed by atoms with van der Waals surface area (Å²) in [5, 5.41) is 71.5. The first kappa shape index (κ1) is 25.0. The number of hydrogen-bond acceptors (Lipinski definition) is 12. The van der Waals surface area contributed by atoms with Gasteiger partial charge in [0.2, 0.25) is 5.91 Å². The van der Waals surface area contributed by atoms with Crippen LogP contribution in [0.25, 0.3) is 0 Å². The van der Waals surface area contributed by atoms with Gasteiger partial charge in [0, 0.05) is 12.8 Å². The van der Waals surface area contributed by atoms with Crippen LogP contribution in [0.4, 0.5) is 0 Å². The van der Waals surface area contributed by atoms with E-state index in [0.29, 0.717) is 0 Å². The Labute approximate surface area is 171 Å². The van der Waals surface area contributed by atoms with E-state index in [2.05, 4.69) is 5.32 Å². The average molecular weight is 439 g/mol. The monoisotopic (exact) mass is 439 g/mol. The molecule has 2 aliphatic rings. The molecule has 2 aliphatic heterocycles. The summed E-state index contributed by atoms with van der Waals surface area (Å²) in [6.45, 7) is -0.105. The summed E-state index contributed by atoms with van der Waals surface area (Å²) in [6, 6.07) is 0. The number of nitrogens with one attached hydrogen (secondary N) is 1. The number of hydrogen-bond donors (Lipinski definition) is 8. The van der Waals surface area contributed by atoms with E-state index < -0.39 is 80.5 Å². The minimum Gasteiger partial charge on any atom is -0.394 e. The number of rotatable bonds is 8. The molecule has 0 spiro atoms. The van der Waals surface area contributed by atoms with Crippen molar-refractivity contribution < 1.29 is 59.5 Å². The third-order valence-electron chi connectivity index (χ3n) is 5.01. The maximum Gasteiger partial charge on any atom is 0.222 e. The molecule has 0 radical (unpaired) electrons. The zero-order chi connectivity index (χ0) is 22.6. The van der Waals surface area contributed by atoms with Gasteiger partial charge in [0.05, 0.1) is 13.2 Å². The lowest BCUT2D eigenvalue weighted by atomic mass is 9.96. The highest BCUT2D eigenvalue weighted by atomic mass is 16.7. The minimum atomic E-state index is -1.77. The van der Waals surface area contributed by atoms with Crippen LogP contribution < -0.4 is 5.32 Å². The lowest BCUT2D eigenvalue weighted by Gasteiger charge is -2.46. The molecular formula is C17H29NO12. The first-order valence-electron chi connectivity index (χ1n) is 9.47. The van der Waals surface area contributed by atoms with Crippen molar-refractivity contribution >= 4 is 11.7 Å². The van der Waals surface area contributed by atoms with Crippen LogP contribution in [0, 0.1) is 0 Å². The van der Waals surface area contributed by atoms with Crippen molar-refractivity contribution in [2.45, 2.75) is 81.1 Å². The average Bonchev–Trinajstić information content (AvgIpc) is 2.71. The van der Waals surface area contributed by atoms with Gasteiger partial charge in [-0.15, -0.1) is 0 Å². The molecule has 0 saturated carbocycles. The Morgan fingerprint density at radius 2 is 1.47 bits per heavy atom. The van der Waals surface area contributed by atoms with E-state index in [-0.39, 0.29) is 18.6 Å². The van der Waals surface area contributed by atoms with Crippen molar-refractivity contribution in [2.24, 2.45) is 0 Å². The highest BCUT2D eigenvalue weighted by Crippen LogP contribution is 2.28. The van der Waals surface area contributed by atoms with Crippen molar-refractivity contribution in [2.75, 3.05) is 13.2 Å². The Hall–Kier alpha value is -1.26. The predicted molar refractivity (Wildman–Crippen MR) is 94.5 cm³/mol. The number of carbonyl (C=O) groups excluding carboxylic acids is 2. The largest absolute Gasteiger partial charge is 0.394 e. The maximum absolute atomic E-state index is 11.9. The molecule has 4 unspecified atom stereocenters. The van der Waals surface area contributed by atoms with Crippen LogP contribution in [0.1, 0.15) is 19.8 Å². The quantitative estimate of drug-likeness (QED) is 0.179. The molecule has 0 aliphatic carbocycles. The molecule has 2 saturated heterocycles. The van der Waals surface area contributed by atoms with E-state index in [1.165, 1.54) is 6.92 Å². The summed E-state index contributed by atoms with van der Waals surface area (Å²) in [5.74, 6) is -0.831. The molecule has 0 aromatic heterocycles. The molecule has 8 N–H and O–H groups in total. The number of ether oxygens (including phenoxy) is 3. The molecule has 10 atom stereocenters. The molecular weight excluding hydrogens is 410 g/mol. The van der Waals surface area contributed by atoms with E-state index >= 15 is 0 Å². The molecule has 0 aromatic rings. The van der Waals surface area contributed by atoms with Crippen molar-refractivity contribution in [3.05, 3.63) is 0 Å². The lowest BCUT2D eigenvalue weighted by molar-refractivity contribution is -0.343. The molecule has 174 valence electrons. The summed E-state index contributed by atoms with van der Waals surface area (Å²) in [5.41, 5.74) is 0. The van der Waals surface area contributed by atoms with Crippen LogP contribution in [-0.4, -0.2) is 122 Å². The van der Waals surface area contributed by atoms with E-state index in [0.717, 1.165) is 0 Å². The summed E-state index contributed by atoms with van der Waals surface area (Å²) in [7, 11) is 0. The van der Waals surface area contributed by atoms with Crippen molar-refractivity contribution in [1.29, 1.82) is 0 Å². The van der Waals surface area contributed by atoms with Gasteiger partial charge in [-0.3, -0.25) is 4.79 Å². The van der Waals surface area contributed by atoms with E-state index in [1.807, 2.05) is 0 Å². The summed E-state index contributed by atoms with van der Waals surface area (Å²) < 4.78 is 16.0. The van der Waals surface area contributed by atoms with Gasteiger partial charge in [0.15, 0.2) is 12.5 Å². The van der Waals surface area contributed by atoms with Gasteiger partial charge in [-0.05, 0) is 6.92 Å². The Morgan fingerprint density at radius 1 is 0.833 bits per heavy atom. The number of carbonyl (C=O) groups is 2. The number of Topliss-reactive ketones (excluding diaryl/α,β-unsaturated/α-hetero) is 1. The van der Waals surface area contributed by atoms with Crippen molar-refractivity contribution in [3.63, 3.8) is 0 Å². The van der Waals surface area contributed by atoms with E-state index in [9.17, 15) is 45.3 Å². The first-order valence-corrected chi connectivity index (χ1v) is 9.47. The number of aliphatic hydroxyl groups excluding tert-OH is 7. The lowest BCUT2D eigenvalue weighted by Crippen LogP contribution is -2.66. The van der Waals surface area contributed by atoms with Crippen LogP contribution in [0.5, 0.6) is 0 Å². The highest BCUT2D eigenvalue weighted by Gasteiger charge is 2.50. The fourth-order valence-electron chi connectivity index (χ4n) is 3.23. The van der Waals surface area contributed by atoms with Crippen LogP contribution in [0.2, 0.25) is 0 Å². The Balaban J connectivity index is 2.05. The van der Waals surface area contributed by atoms with Crippen LogP contribution >= 0.6 is 0 Å². The topological polar surface area (TPSA) is 215 Å². The Morgan fingerprint density at radius 3 is 2.03 bits per heavy atom. The fourth-order valence-corrected chi connectivity index (χ4v) is 3.23. The number of amides is 1. The first-order chi connectivity index (χ1) is 14.1. The Kier molecular flexibility index (Phi) is 9.05. The molecule has 2 heterocycles. The summed E-state index contributed by atoms with van der Waals surface area (Å²) in [6.07, 6.45) is -15.8. The van der Waals surface area contributed by atoms with Crippen molar-refractivity contribution in [3.8, 4) is 0 Å².